The molecule has 106 valence electrons. The van der Waals surface area contributed by atoms with Gasteiger partial charge in [0, 0.05) is 11.1 Å². The Hall–Kier alpha value is -0.890. The molecule has 1 aromatic rings. The number of rotatable bonds is 1. The van der Waals surface area contributed by atoms with Gasteiger partial charge in [-0.15, -0.1) is 0 Å². The van der Waals surface area contributed by atoms with Gasteiger partial charge in [0.25, 0.3) is 0 Å². The van der Waals surface area contributed by atoms with Crippen molar-refractivity contribution in [2.75, 3.05) is 0 Å². The predicted octanol–water partition coefficient (Wildman–Crippen LogP) is 4.44. The monoisotopic (exact) mass is 263 g/mol. The fraction of sp³-hybridized carbons (Fsp3) is 0.647. The van der Waals surface area contributed by atoms with E-state index < -0.39 is 5.54 Å². The van der Waals surface area contributed by atoms with Crippen molar-refractivity contribution in [3.8, 4) is 0 Å². The third-order valence-corrected chi connectivity index (χ3v) is 4.34. The Kier molecular flexibility index (Phi) is 3.51. The topological polar surface area (TPSA) is 26.0 Å². The number of nitrogens with two attached hydrogens (primary N) is 1. The van der Waals surface area contributed by atoms with Crippen molar-refractivity contribution in [3.05, 3.63) is 34.6 Å². The maximum absolute atomic E-state index is 14.4. The van der Waals surface area contributed by atoms with Gasteiger partial charge in [0.2, 0.25) is 0 Å². The molecular weight excluding hydrogens is 237 g/mol. The van der Waals surface area contributed by atoms with Crippen LogP contribution < -0.4 is 5.73 Å². The lowest BCUT2D eigenvalue weighted by Crippen LogP contribution is -2.47. The Balaban J connectivity index is 2.50. The molecule has 0 saturated heterocycles. The molecule has 0 aliphatic heterocycles. The van der Waals surface area contributed by atoms with Crippen LogP contribution in [0.2, 0.25) is 0 Å². The van der Waals surface area contributed by atoms with E-state index in [0.29, 0.717) is 5.92 Å². The number of aryl methyl sites for hydroxylation is 2. The zero-order chi connectivity index (χ0) is 14.4. The third kappa shape index (κ3) is 2.84. The molecule has 2 heteroatoms. The van der Waals surface area contributed by atoms with Gasteiger partial charge in [-0.05, 0) is 61.6 Å². The van der Waals surface area contributed by atoms with Gasteiger partial charge in [-0.2, -0.15) is 0 Å². The fourth-order valence-corrected chi connectivity index (χ4v) is 4.37. The first-order valence-corrected chi connectivity index (χ1v) is 7.19. The van der Waals surface area contributed by atoms with E-state index in [-0.39, 0.29) is 11.2 Å². The highest BCUT2D eigenvalue weighted by Gasteiger charge is 2.43. The van der Waals surface area contributed by atoms with Crippen molar-refractivity contribution < 1.29 is 4.39 Å². The van der Waals surface area contributed by atoms with Crippen LogP contribution in [-0.2, 0) is 5.54 Å². The first-order chi connectivity index (χ1) is 8.63. The van der Waals surface area contributed by atoms with E-state index in [4.69, 9.17) is 5.73 Å². The Morgan fingerprint density at radius 3 is 2.37 bits per heavy atom. The van der Waals surface area contributed by atoms with Crippen molar-refractivity contribution in [3.63, 3.8) is 0 Å². The number of hydrogen-bond acceptors (Lipinski definition) is 1. The smallest absolute Gasteiger partial charge is 0.128 e. The van der Waals surface area contributed by atoms with E-state index in [1.54, 1.807) is 6.07 Å². The molecule has 0 heterocycles. The number of hydrogen-bond donors (Lipinski definition) is 1. The van der Waals surface area contributed by atoms with Gasteiger partial charge >= 0.3 is 0 Å². The molecule has 0 aromatic heterocycles. The van der Waals surface area contributed by atoms with Crippen molar-refractivity contribution in [1.82, 2.24) is 0 Å². The van der Waals surface area contributed by atoms with E-state index in [0.717, 1.165) is 29.5 Å². The van der Waals surface area contributed by atoms with E-state index in [1.165, 1.54) is 6.42 Å². The summed E-state index contributed by atoms with van der Waals surface area (Å²) in [4.78, 5) is 0. The highest BCUT2D eigenvalue weighted by molar-refractivity contribution is 5.38. The second-order valence-electron chi connectivity index (χ2n) is 7.45. The minimum Gasteiger partial charge on any atom is -0.321 e. The normalized spacial score (nSPS) is 30.4. The molecule has 0 bridgehead atoms. The van der Waals surface area contributed by atoms with Crippen LogP contribution in [0.25, 0.3) is 0 Å². The molecule has 1 fully saturated rings. The van der Waals surface area contributed by atoms with Crippen LogP contribution in [0.5, 0.6) is 0 Å². The average Bonchev–Trinajstić information content (AvgIpc) is 2.09. The van der Waals surface area contributed by atoms with Crippen molar-refractivity contribution in [1.29, 1.82) is 0 Å². The summed E-state index contributed by atoms with van der Waals surface area (Å²) >= 11 is 0. The highest BCUT2D eigenvalue weighted by Crippen LogP contribution is 2.48. The molecule has 1 aromatic carbocycles. The first kappa shape index (κ1) is 14.5. The summed E-state index contributed by atoms with van der Waals surface area (Å²) in [5.41, 5.74) is 9.00. The summed E-state index contributed by atoms with van der Waals surface area (Å²) in [6.45, 7) is 10.6. The van der Waals surface area contributed by atoms with Crippen LogP contribution in [-0.4, -0.2) is 0 Å². The Bertz CT molecular complexity index is 469. The molecule has 1 aliphatic rings. The molecule has 1 nitrogen and oxygen atoms in total. The van der Waals surface area contributed by atoms with Gasteiger partial charge in [0.1, 0.15) is 5.82 Å². The maximum Gasteiger partial charge on any atom is 0.128 e. The molecule has 0 radical (unpaired) electrons. The minimum absolute atomic E-state index is 0.134. The van der Waals surface area contributed by atoms with Crippen LogP contribution in [0.4, 0.5) is 4.39 Å². The van der Waals surface area contributed by atoms with E-state index in [2.05, 4.69) is 20.8 Å². The Morgan fingerprint density at radius 1 is 1.21 bits per heavy atom. The van der Waals surface area contributed by atoms with Crippen LogP contribution in [0.15, 0.2) is 12.1 Å². The lowest BCUT2D eigenvalue weighted by atomic mass is 9.62. The van der Waals surface area contributed by atoms with Crippen molar-refractivity contribution >= 4 is 0 Å². The lowest BCUT2D eigenvalue weighted by Gasteiger charge is -2.46. The van der Waals surface area contributed by atoms with E-state index >= 15 is 0 Å². The summed E-state index contributed by atoms with van der Waals surface area (Å²) in [7, 11) is 0. The first-order valence-electron chi connectivity index (χ1n) is 7.19. The highest BCUT2D eigenvalue weighted by atomic mass is 19.1. The third-order valence-electron chi connectivity index (χ3n) is 4.34. The van der Waals surface area contributed by atoms with Gasteiger partial charge in [0.15, 0.2) is 0 Å². The second kappa shape index (κ2) is 4.59. The number of benzene rings is 1. The molecule has 2 rings (SSSR count). The minimum atomic E-state index is -0.525. The molecule has 1 saturated carbocycles. The largest absolute Gasteiger partial charge is 0.321 e. The van der Waals surface area contributed by atoms with Crippen LogP contribution in [0.1, 0.15) is 56.7 Å². The van der Waals surface area contributed by atoms with Crippen LogP contribution in [0, 0.1) is 31.0 Å². The summed E-state index contributed by atoms with van der Waals surface area (Å²) in [5, 5.41) is 0. The van der Waals surface area contributed by atoms with E-state index in [9.17, 15) is 4.39 Å². The Labute approximate surface area is 116 Å². The molecule has 2 unspecified atom stereocenters. The predicted molar refractivity (Wildman–Crippen MR) is 78.5 cm³/mol. The van der Waals surface area contributed by atoms with Crippen LogP contribution in [0.3, 0.4) is 0 Å². The quantitative estimate of drug-likeness (QED) is 0.796. The SMILES string of the molecule is Cc1cc(C)c(C2(N)CC(C)CC(C)(C)C2)c(F)c1. The molecule has 2 atom stereocenters. The van der Waals surface area contributed by atoms with Crippen LogP contribution >= 0.6 is 0 Å². The molecule has 0 spiro atoms. The van der Waals surface area contributed by atoms with E-state index in [1.807, 2.05) is 19.9 Å². The summed E-state index contributed by atoms with van der Waals surface area (Å²) in [6.07, 6.45) is 2.89. The van der Waals surface area contributed by atoms with Crippen molar-refractivity contribution in [2.45, 2.75) is 59.4 Å². The van der Waals surface area contributed by atoms with Gasteiger partial charge in [-0.25, -0.2) is 4.39 Å². The fourth-order valence-electron chi connectivity index (χ4n) is 4.37. The molecular formula is C17H26FN. The zero-order valence-corrected chi connectivity index (χ0v) is 12.8. The molecule has 19 heavy (non-hydrogen) atoms. The molecule has 2 N–H and O–H groups in total. The van der Waals surface area contributed by atoms with Crippen molar-refractivity contribution in [2.24, 2.45) is 17.1 Å². The van der Waals surface area contributed by atoms with Gasteiger partial charge in [-0.1, -0.05) is 26.8 Å². The number of halogens is 1. The second-order valence-corrected chi connectivity index (χ2v) is 7.45. The zero-order valence-electron chi connectivity index (χ0n) is 12.8. The lowest BCUT2D eigenvalue weighted by molar-refractivity contribution is 0.104. The summed E-state index contributed by atoms with van der Waals surface area (Å²) in [5.74, 6) is 0.402. The summed E-state index contributed by atoms with van der Waals surface area (Å²) in [6, 6.07) is 3.66. The van der Waals surface area contributed by atoms with Gasteiger partial charge in [-0.3, -0.25) is 0 Å². The average molecular weight is 263 g/mol. The maximum atomic E-state index is 14.4. The van der Waals surface area contributed by atoms with Gasteiger partial charge < -0.3 is 5.73 Å². The standard InChI is InChI=1S/C17H26FN/c1-11-6-13(3)15(14(18)7-11)17(19)9-12(2)8-16(4,5)10-17/h6-7,12H,8-10,19H2,1-5H3. The molecule has 1 aliphatic carbocycles. The van der Waals surface area contributed by atoms with Gasteiger partial charge in [0.05, 0.1) is 0 Å². The Morgan fingerprint density at radius 2 is 1.84 bits per heavy atom. The summed E-state index contributed by atoms with van der Waals surface area (Å²) < 4.78 is 14.4. The molecule has 0 amide bonds.